The molecule has 0 aromatic rings. The Morgan fingerprint density at radius 3 is 2.72 bits per heavy atom. The molecule has 5 nitrogen and oxygen atoms in total. The number of fused-ring (bicyclic) bond motifs is 2. The van der Waals surface area contributed by atoms with Crippen molar-refractivity contribution in [2.75, 3.05) is 38.4 Å². The third-order valence-corrected chi connectivity index (χ3v) is 6.76. The highest BCUT2D eigenvalue weighted by molar-refractivity contribution is 7.98. The van der Waals surface area contributed by atoms with Gasteiger partial charge in [-0.05, 0) is 56.9 Å². The maximum Gasteiger partial charge on any atom is 0.305 e. The number of alkyl halides is 2. The summed E-state index contributed by atoms with van der Waals surface area (Å²) in [5.74, 6) is -0.963. The van der Waals surface area contributed by atoms with Gasteiger partial charge in [-0.25, -0.2) is 0 Å². The number of piperidine rings is 2. The summed E-state index contributed by atoms with van der Waals surface area (Å²) in [5.41, 5.74) is 1.13. The van der Waals surface area contributed by atoms with E-state index in [1.807, 2.05) is 13.2 Å². The summed E-state index contributed by atoms with van der Waals surface area (Å²) < 4.78 is 33.6. The van der Waals surface area contributed by atoms with Gasteiger partial charge in [0.15, 0.2) is 0 Å². The van der Waals surface area contributed by atoms with E-state index in [-0.39, 0.29) is 18.1 Å². The Morgan fingerprint density at radius 1 is 1.38 bits per heavy atom. The first-order chi connectivity index (χ1) is 13.9. The van der Waals surface area contributed by atoms with Crippen LogP contribution in [-0.2, 0) is 9.53 Å². The quantitative estimate of drug-likeness (QED) is 0.412. The molecule has 0 aromatic heterocycles. The predicted octanol–water partition coefficient (Wildman–Crippen LogP) is 4.04. The Kier molecular flexibility index (Phi) is 7.48. The van der Waals surface area contributed by atoms with Gasteiger partial charge in [0.05, 0.1) is 18.2 Å². The number of nitrogens with zero attached hydrogens (tertiary/aromatic N) is 3. The number of allylic oxidation sites excluding steroid dienone is 1. The molecule has 2 saturated heterocycles. The number of halogens is 2. The molecule has 29 heavy (non-hydrogen) atoms. The molecule has 2 atom stereocenters. The van der Waals surface area contributed by atoms with Crippen LogP contribution in [0.3, 0.4) is 0 Å². The lowest BCUT2D eigenvalue weighted by molar-refractivity contribution is -0.144. The first kappa shape index (κ1) is 22.4. The zero-order chi connectivity index (χ0) is 21.0. The summed E-state index contributed by atoms with van der Waals surface area (Å²) in [6, 6.07) is 0. The average molecular weight is 428 g/mol. The lowest BCUT2D eigenvalue weighted by atomic mass is 9.60. The van der Waals surface area contributed by atoms with Crippen molar-refractivity contribution in [3.8, 4) is 0 Å². The summed E-state index contributed by atoms with van der Waals surface area (Å²) in [6.07, 6.45) is 4.52. The number of esters is 1. The van der Waals surface area contributed by atoms with Crippen LogP contribution < -0.4 is 0 Å². The van der Waals surface area contributed by atoms with Crippen molar-refractivity contribution in [3.63, 3.8) is 0 Å². The minimum Gasteiger partial charge on any atom is -0.466 e. The molecule has 0 amide bonds. The van der Waals surface area contributed by atoms with Gasteiger partial charge in [0, 0.05) is 38.0 Å². The van der Waals surface area contributed by atoms with E-state index in [9.17, 15) is 13.6 Å². The number of rotatable bonds is 9. The molecular formula is C21H31F2N3O2S. The second-order valence-electron chi connectivity index (χ2n) is 8.17. The van der Waals surface area contributed by atoms with Gasteiger partial charge >= 0.3 is 5.97 Å². The summed E-state index contributed by atoms with van der Waals surface area (Å²) in [5, 5.41) is 0. The van der Waals surface area contributed by atoms with Crippen molar-refractivity contribution in [1.82, 2.24) is 4.90 Å². The van der Waals surface area contributed by atoms with Gasteiger partial charge in [-0.2, -0.15) is 8.78 Å². The van der Waals surface area contributed by atoms with Crippen molar-refractivity contribution in [2.45, 2.75) is 45.0 Å². The number of hydrogen-bond acceptors (Lipinski definition) is 6. The van der Waals surface area contributed by atoms with Crippen LogP contribution >= 0.6 is 11.8 Å². The molecule has 2 heterocycles. The van der Waals surface area contributed by atoms with E-state index >= 15 is 0 Å². The molecule has 162 valence electrons. The Bertz CT molecular complexity index is 683. The van der Waals surface area contributed by atoms with E-state index in [4.69, 9.17) is 4.74 Å². The second-order valence-corrected chi connectivity index (χ2v) is 9.01. The van der Waals surface area contributed by atoms with Crippen LogP contribution in [0.15, 0.2) is 21.3 Å². The van der Waals surface area contributed by atoms with Crippen LogP contribution in [0.25, 0.3) is 0 Å². The van der Waals surface area contributed by atoms with Crippen LogP contribution in [0, 0.1) is 17.8 Å². The number of ether oxygens (including phenoxy) is 1. The van der Waals surface area contributed by atoms with Gasteiger partial charge < -0.3 is 4.74 Å². The van der Waals surface area contributed by atoms with Crippen LogP contribution in [0.1, 0.15) is 39.0 Å². The van der Waals surface area contributed by atoms with E-state index in [0.29, 0.717) is 60.9 Å². The number of hydrogen-bond donors (Lipinski definition) is 0. The van der Waals surface area contributed by atoms with Gasteiger partial charge in [-0.1, -0.05) is 0 Å². The third kappa shape index (κ3) is 5.08. The number of thioether (sulfide) groups is 1. The summed E-state index contributed by atoms with van der Waals surface area (Å²) in [6.45, 7) is 8.29. The molecule has 0 radical (unpaired) electrons. The average Bonchev–Trinajstić information content (AvgIpc) is 2.99. The monoisotopic (exact) mass is 427 g/mol. The van der Waals surface area contributed by atoms with Crippen molar-refractivity contribution >= 4 is 30.2 Å². The topological polar surface area (TPSA) is 54.3 Å². The molecule has 2 bridgehead atoms. The first-order valence-electron chi connectivity index (χ1n) is 10.4. The van der Waals surface area contributed by atoms with Crippen LogP contribution in [-0.4, -0.2) is 67.6 Å². The van der Waals surface area contributed by atoms with Crippen molar-refractivity contribution in [2.24, 2.45) is 27.7 Å². The lowest BCUT2D eigenvalue weighted by Crippen LogP contribution is -2.55. The lowest BCUT2D eigenvalue weighted by Gasteiger charge is -2.54. The number of aliphatic imine (C=N–C) groups is 2. The maximum atomic E-state index is 14.3. The van der Waals surface area contributed by atoms with Gasteiger partial charge in [-0.3, -0.25) is 19.7 Å². The van der Waals surface area contributed by atoms with Crippen molar-refractivity contribution < 1.29 is 18.3 Å². The predicted molar refractivity (Wildman–Crippen MR) is 114 cm³/mol. The van der Waals surface area contributed by atoms with Gasteiger partial charge in [-0.15, -0.1) is 11.8 Å². The maximum absolute atomic E-state index is 14.3. The van der Waals surface area contributed by atoms with Crippen molar-refractivity contribution in [3.05, 3.63) is 11.3 Å². The Balaban J connectivity index is 1.61. The van der Waals surface area contributed by atoms with Crippen LogP contribution in [0.5, 0.6) is 0 Å². The van der Waals surface area contributed by atoms with E-state index in [1.54, 1.807) is 0 Å². The van der Waals surface area contributed by atoms with Crippen molar-refractivity contribution in [1.29, 1.82) is 0 Å². The zero-order valence-electron chi connectivity index (χ0n) is 17.3. The smallest absolute Gasteiger partial charge is 0.305 e. The molecule has 4 rings (SSSR count). The molecule has 0 spiro atoms. The molecule has 8 heteroatoms. The standard InChI is InChI=1S/C21H31F2N3O2S/c1-4-28-19(27)6-5-16-14-9-15(16)11-26(10-14)12-18(24-2)17-7-8-21(22,23)20(17)25-13-29-3/h14-16H,2,4-13H2,1,3H3/b18-17-,25-20+. The van der Waals surface area contributed by atoms with E-state index < -0.39 is 5.92 Å². The molecule has 0 aromatic carbocycles. The summed E-state index contributed by atoms with van der Waals surface area (Å²) in [7, 11) is 0. The second kappa shape index (κ2) is 9.69. The third-order valence-electron chi connectivity index (χ3n) is 6.37. The fraction of sp³-hybridized carbons (Fsp3) is 0.762. The minimum atomic E-state index is -2.87. The highest BCUT2D eigenvalue weighted by atomic mass is 32.2. The molecular weight excluding hydrogens is 396 g/mol. The van der Waals surface area contributed by atoms with E-state index in [2.05, 4.69) is 21.6 Å². The molecule has 2 aliphatic carbocycles. The Hall–Kier alpha value is -1.28. The normalized spacial score (nSPS) is 31.4. The molecule has 4 aliphatic rings. The largest absolute Gasteiger partial charge is 0.466 e. The Labute approximate surface area is 176 Å². The molecule has 2 unspecified atom stereocenters. The molecule has 2 aliphatic heterocycles. The van der Waals surface area contributed by atoms with Gasteiger partial charge in [0.2, 0.25) is 0 Å². The highest BCUT2D eigenvalue weighted by Crippen LogP contribution is 2.48. The highest BCUT2D eigenvalue weighted by Gasteiger charge is 2.47. The van der Waals surface area contributed by atoms with Gasteiger partial charge in [0.25, 0.3) is 5.92 Å². The molecule has 2 saturated carbocycles. The van der Waals surface area contributed by atoms with Crippen LogP contribution in [0.2, 0.25) is 0 Å². The van der Waals surface area contributed by atoms with E-state index in [1.165, 1.54) is 18.2 Å². The zero-order valence-corrected chi connectivity index (χ0v) is 18.1. The number of carbonyl (C=O) groups is 1. The summed E-state index contributed by atoms with van der Waals surface area (Å²) >= 11 is 1.43. The van der Waals surface area contributed by atoms with Crippen LogP contribution in [0.4, 0.5) is 8.78 Å². The molecule has 4 fully saturated rings. The minimum absolute atomic E-state index is 0.0938. The summed E-state index contributed by atoms with van der Waals surface area (Å²) in [4.78, 5) is 22.2. The fourth-order valence-electron chi connectivity index (χ4n) is 5.02. The Morgan fingerprint density at radius 2 is 2.10 bits per heavy atom. The molecule has 0 N–H and O–H groups in total. The first-order valence-corrected chi connectivity index (χ1v) is 11.8. The van der Waals surface area contributed by atoms with Gasteiger partial charge in [0.1, 0.15) is 5.71 Å². The number of carbonyl (C=O) groups excluding carboxylic acids is 1. The van der Waals surface area contributed by atoms with E-state index in [0.717, 1.165) is 19.5 Å². The SMILES string of the molecule is C=N/C(CN1CC2CC(C1)C2CCC(=O)OCC)=C1/CCC(F)(F)/C1=N/CSC. The fourth-order valence-corrected chi connectivity index (χ4v) is 5.27.